The number of fused-ring (bicyclic) bond motifs is 9. The Labute approximate surface area is 292 Å². The molecular formula is C48H45N. The molecule has 0 fully saturated rings. The number of anilines is 3. The van der Waals surface area contributed by atoms with Crippen LogP contribution >= 0.6 is 0 Å². The van der Waals surface area contributed by atoms with Crippen molar-refractivity contribution in [3.8, 4) is 33.4 Å². The molecule has 242 valence electrons. The summed E-state index contributed by atoms with van der Waals surface area (Å²) in [4.78, 5) is 2.45. The van der Waals surface area contributed by atoms with Crippen LogP contribution in [0.25, 0.3) is 33.4 Å². The Balaban J connectivity index is 1.21. The average Bonchev–Trinajstić information content (AvgIpc) is 3.46. The van der Waals surface area contributed by atoms with Gasteiger partial charge in [-0.3, -0.25) is 0 Å². The first-order valence-corrected chi connectivity index (χ1v) is 17.9. The molecule has 0 N–H and O–H groups in total. The Kier molecular flexibility index (Phi) is 6.07. The fraction of sp³-hybridized carbons (Fsp3) is 0.250. The Morgan fingerprint density at radius 1 is 0.306 bits per heavy atom. The van der Waals surface area contributed by atoms with E-state index in [1.54, 1.807) is 0 Å². The van der Waals surface area contributed by atoms with Crippen LogP contribution in [0.3, 0.4) is 0 Å². The summed E-state index contributed by atoms with van der Waals surface area (Å²) in [6, 6.07) is 48.2. The lowest BCUT2D eigenvalue weighted by Crippen LogP contribution is -2.43. The lowest BCUT2D eigenvalue weighted by molar-refractivity contribution is 0.299. The minimum Gasteiger partial charge on any atom is -0.310 e. The van der Waals surface area contributed by atoms with Gasteiger partial charge in [0.05, 0.1) is 0 Å². The largest absolute Gasteiger partial charge is 0.310 e. The fourth-order valence-electron chi connectivity index (χ4n) is 9.44. The normalized spacial score (nSPS) is 17.6. The Morgan fingerprint density at radius 2 is 0.714 bits per heavy atom. The fourth-order valence-corrected chi connectivity index (χ4v) is 9.44. The van der Waals surface area contributed by atoms with Crippen molar-refractivity contribution in [3.63, 3.8) is 0 Å². The van der Waals surface area contributed by atoms with Crippen LogP contribution in [0.1, 0.15) is 88.8 Å². The van der Waals surface area contributed by atoms with E-state index in [9.17, 15) is 0 Å². The summed E-state index contributed by atoms with van der Waals surface area (Å²) in [6.45, 7) is 19.3. The van der Waals surface area contributed by atoms with Gasteiger partial charge in [-0.25, -0.2) is 0 Å². The van der Waals surface area contributed by atoms with E-state index in [1.165, 1.54) is 83.8 Å². The van der Waals surface area contributed by atoms with Gasteiger partial charge in [-0.1, -0.05) is 134 Å². The maximum absolute atomic E-state index is 2.55. The highest BCUT2D eigenvalue weighted by molar-refractivity contribution is 5.91. The summed E-state index contributed by atoms with van der Waals surface area (Å²) >= 11 is 0. The van der Waals surface area contributed by atoms with Gasteiger partial charge in [0.15, 0.2) is 0 Å². The van der Waals surface area contributed by atoms with Crippen molar-refractivity contribution in [2.45, 2.75) is 77.0 Å². The van der Waals surface area contributed by atoms with Crippen LogP contribution in [0.4, 0.5) is 17.1 Å². The van der Waals surface area contributed by atoms with E-state index in [0.717, 1.165) is 0 Å². The van der Waals surface area contributed by atoms with Crippen molar-refractivity contribution in [2.24, 2.45) is 0 Å². The van der Waals surface area contributed by atoms with Gasteiger partial charge in [-0.2, -0.15) is 0 Å². The summed E-state index contributed by atoms with van der Waals surface area (Å²) in [7, 11) is 0. The number of para-hydroxylation sites is 1. The summed E-state index contributed by atoms with van der Waals surface area (Å²) in [5, 5.41) is 0. The molecule has 0 bridgehead atoms. The molecule has 49 heavy (non-hydrogen) atoms. The summed E-state index contributed by atoms with van der Waals surface area (Å²) in [5.74, 6) is 0. The molecule has 0 aliphatic heterocycles. The summed E-state index contributed by atoms with van der Waals surface area (Å²) in [5.41, 5.74) is 20.1. The SMILES string of the molecule is CC1(C)c2ccccc2-c2ccc(N(c3ccccc3)c3ccc4c(c3)C(C)(C)c3cc5c(cc3-4)C(C)(C)C(C)(C)c3ccccc3-5)cc21. The molecule has 6 aromatic carbocycles. The molecule has 0 spiro atoms. The molecule has 0 saturated heterocycles. The predicted molar refractivity (Wildman–Crippen MR) is 208 cm³/mol. The second-order valence-corrected chi connectivity index (χ2v) is 16.7. The molecule has 3 aliphatic carbocycles. The summed E-state index contributed by atoms with van der Waals surface area (Å²) in [6.07, 6.45) is 0. The van der Waals surface area contributed by atoms with Crippen molar-refractivity contribution in [1.29, 1.82) is 0 Å². The van der Waals surface area contributed by atoms with E-state index >= 15 is 0 Å². The molecule has 3 aliphatic rings. The average molecular weight is 636 g/mol. The Bertz CT molecular complexity index is 2330. The number of benzene rings is 6. The van der Waals surface area contributed by atoms with E-state index in [4.69, 9.17) is 0 Å². The maximum atomic E-state index is 2.55. The first kappa shape index (κ1) is 30.2. The number of hydrogen-bond acceptors (Lipinski definition) is 1. The molecule has 1 heteroatoms. The highest BCUT2D eigenvalue weighted by Gasteiger charge is 2.47. The van der Waals surface area contributed by atoms with Gasteiger partial charge in [0, 0.05) is 27.9 Å². The molecule has 0 atom stereocenters. The summed E-state index contributed by atoms with van der Waals surface area (Å²) < 4.78 is 0. The van der Waals surface area contributed by atoms with E-state index in [0.29, 0.717) is 0 Å². The molecule has 0 heterocycles. The molecule has 9 rings (SSSR count). The van der Waals surface area contributed by atoms with Crippen LogP contribution in [0.2, 0.25) is 0 Å². The third-order valence-corrected chi connectivity index (χ3v) is 13.0. The van der Waals surface area contributed by atoms with Crippen molar-refractivity contribution in [1.82, 2.24) is 0 Å². The van der Waals surface area contributed by atoms with Gasteiger partial charge in [-0.15, -0.1) is 0 Å². The van der Waals surface area contributed by atoms with Crippen molar-refractivity contribution in [2.75, 3.05) is 4.90 Å². The lowest BCUT2D eigenvalue weighted by atomic mass is 9.55. The highest BCUT2D eigenvalue weighted by Crippen LogP contribution is 2.59. The van der Waals surface area contributed by atoms with Crippen molar-refractivity contribution >= 4 is 17.1 Å². The lowest BCUT2D eigenvalue weighted by Gasteiger charge is -2.48. The topological polar surface area (TPSA) is 3.24 Å². The first-order valence-electron chi connectivity index (χ1n) is 17.9. The Hall–Kier alpha value is -4.88. The minimum atomic E-state index is -0.147. The zero-order valence-corrected chi connectivity index (χ0v) is 30.1. The van der Waals surface area contributed by atoms with Crippen LogP contribution in [-0.2, 0) is 21.7 Å². The van der Waals surface area contributed by atoms with Crippen LogP contribution in [0.15, 0.2) is 127 Å². The van der Waals surface area contributed by atoms with Crippen LogP contribution < -0.4 is 4.90 Å². The zero-order valence-electron chi connectivity index (χ0n) is 30.1. The van der Waals surface area contributed by atoms with Crippen molar-refractivity contribution < 1.29 is 0 Å². The molecule has 6 aromatic rings. The predicted octanol–water partition coefficient (Wildman–Crippen LogP) is 13.0. The molecule has 0 unspecified atom stereocenters. The minimum absolute atomic E-state index is 0.00756. The number of hydrogen-bond donors (Lipinski definition) is 0. The second kappa shape index (κ2) is 9.85. The Morgan fingerprint density at radius 3 is 1.35 bits per heavy atom. The third-order valence-electron chi connectivity index (χ3n) is 13.0. The molecular weight excluding hydrogens is 591 g/mol. The molecule has 0 saturated carbocycles. The molecule has 1 nitrogen and oxygen atoms in total. The van der Waals surface area contributed by atoms with Gasteiger partial charge in [-0.05, 0) is 126 Å². The van der Waals surface area contributed by atoms with E-state index in [-0.39, 0.29) is 21.7 Å². The van der Waals surface area contributed by atoms with Gasteiger partial charge in [0.2, 0.25) is 0 Å². The number of rotatable bonds is 3. The number of nitrogens with zero attached hydrogens (tertiary/aromatic N) is 1. The smallest absolute Gasteiger partial charge is 0.0465 e. The van der Waals surface area contributed by atoms with E-state index in [2.05, 4.69) is 188 Å². The van der Waals surface area contributed by atoms with Gasteiger partial charge in [0.1, 0.15) is 0 Å². The maximum Gasteiger partial charge on any atom is 0.0465 e. The molecule has 0 aromatic heterocycles. The first-order chi connectivity index (χ1) is 23.3. The third kappa shape index (κ3) is 3.93. The molecule has 0 amide bonds. The van der Waals surface area contributed by atoms with E-state index in [1.807, 2.05) is 0 Å². The van der Waals surface area contributed by atoms with Crippen molar-refractivity contribution in [3.05, 3.63) is 161 Å². The van der Waals surface area contributed by atoms with Gasteiger partial charge >= 0.3 is 0 Å². The zero-order chi connectivity index (χ0) is 34.1. The van der Waals surface area contributed by atoms with Crippen LogP contribution in [-0.4, -0.2) is 0 Å². The van der Waals surface area contributed by atoms with Gasteiger partial charge < -0.3 is 4.90 Å². The monoisotopic (exact) mass is 635 g/mol. The van der Waals surface area contributed by atoms with E-state index < -0.39 is 0 Å². The van der Waals surface area contributed by atoms with Gasteiger partial charge in [0.25, 0.3) is 0 Å². The van der Waals surface area contributed by atoms with Crippen LogP contribution in [0, 0.1) is 0 Å². The van der Waals surface area contributed by atoms with Crippen LogP contribution in [0.5, 0.6) is 0 Å². The second-order valence-electron chi connectivity index (χ2n) is 16.7. The highest BCUT2D eigenvalue weighted by atomic mass is 15.1. The standard InChI is InChI=1S/C48H45N/c1-45(2)39-20-14-12-18-33(39)35-24-22-31(26-41(35)45)49(30-16-10-9-11-17-30)32-23-25-36-37-29-44-38(28-43(37)46(3,4)42(36)27-32)34-19-13-15-21-40(34)47(5,6)48(44,7)8/h9-29H,1-8H3. The quantitative estimate of drug-likeness (QED) is 0.187. The molecule has 0 radical (unpaired) electrons.